The Morgan fingerprint density at radius 2 is 1.50 bits per heavy atom. The van der Waals surface area contributed by atoms with Crippen LogP contribution in [0.15, 0.2) is 29.2 Å². The highest BCUT2D eigenvalue weighted by Crippen LogP contribution is 2.14. The van der Waals surface area contributed by atoms with E-state index in [-0.39, 0.29) is 6.04 Å². The first-order valence-electron chi connectivity index (χ1n) is 9.14. The van der Waals surface area contributed by atoms with Gasteiger partial charge in [-0.2, -0.15) is 0 Å². The molecule has 0 aromatic heterocycles. The monoisotopic (exact) mass is 373 g/mol. The maximum Gasteiger partial charge on any atom is 0.240 e. The molecule has 138 valence electrons. The van der Waals surface area contributed by atoms with Gasteiger partial charge in [0.15, 0.2) is 0 Å². The van der Waals surface area contributed by atoms with Gasteiger partial charge in [0.2, 0.25) is 10.0 Å². The Morgan fingerprint density at radius 1 is 0.958 bits per heavy atom. The van der Waals surface area contributed by atoms with Crippen molar-refractivity contribution in [3.8, 4) is 0 Å². The minimum absolute atomic E-state index is 0.196. The second kappa shape index (κ2) is 11.9. The van der Waals surface area contributed by atoms with Crippen LogP contribution in [0.3, 0.4) is 0 Å². The van der Waals surface area contributed by atoms with Gasteiger partial charge in [-0.25, -0.2) is 13.1 Å². The molecule has 0 aliphatic heterocycles. The molecule has 0 aliphatic rings. The lowest BCUT2D eigenvalue weighted by atomic mass is 10.1. The van der Waals surface area contributed by atoms with E-state index in [1.165, 1.54) is 38.5 Å². The fraction of sp³-hybridized carbons (Fsp3) is 0.684. The van der Waals surface area contributed by atoms with Gasteiger partial charge < -0.3 is 0 Å². The van der Waals surface area contributed by atoms with Crippen molar-refractivity contribution in [3.05, 3.63) is 29.8 Å². The van der Waals surface area contributed by atoms with E-state index in [2.05, 4.69) is 11.6 Å². The summed E-state index contributed by atoms with van der Waals surface area (Å²) in [5, 5.41) is 0. The lowest BCUT2D eigenvalue weighted by molar-refractivity contribution is 0.513. The Morgan fingerprint density at radius 3 is 2.04 bits per heavy atom. The molecule has 0 saturated heterocycles. The molecule has 0 saturated carbocycles. The fourth-order valence-corrected chi connectivity index (χ4v) is 4.29. The van der Waals surface area contributed by atoms with Crippen LogP contribution in [-0.2, 0) is 10.0 Å². The predicted octanol–water partition coefficient (Wildman–Crippen LogP) is 5.41. The zero-order chi connectivity index (χ0) is 17.8. The highest BCUT2D eigenvalue weighted by atomic mass is 35.5. The van der Waals surface area contributed by atoms with E-state index in [0.29, 0.717) is 10.8 Å². The van der Waals surface area contributed by atoms with Crippen molar-refractivity contribution in [2.24, 2.45) is 0 Å². The normalized spacial score (nSPS) is 13.1. The van der Waals surface area contributed by atoms with E-state index in [1.807, 2.05) is 19.1 Å². The Bertz CT molecular complexity index is 543. The number of rotatable bonds is 13. The summed E-state index contributed by atoms with van der Waals surface area (Å²) in [6.45, 7) is 4.16. The molecule has 0 spiro atoms. The largest absolute Gasteiger partial charge is 0.240 e. The van der Waals surface area contributed by atoms with Crippen molar-refractivity contribution in [2.75, 3.05) is 5.88 Å². The molecule has 1 atom stereocenters. The second-order valence-corrected chi connectivity index (χ2v) is 8.57. The van der Waals surface area contributed by atoms with E-state index in [9.17, 15) is 8.42 Å². The van der Waals surface area contributed by atoms with Crippen LogP contribution in [-0.4, -0.2) is 20.3 Å². The Balaban J connectivity index is 2.32. The van der Waals surface area contributed by atoms with Crippen LogP contribution in [0.2, 0.25) is 0 Å². The number of alkyl halides is 1. The Labute approximate surface area is 153 Å². The summed E-state index contributed by atoms with van der Waals surface area (Å²) in [6, 6.07) is 6.70. The number of halogens is 1. The van der Waals surface area contributed by atoms with Gasteiger partial charge in [0, 0.05) is 11.9 Å². The van der Waals surface area contributed by atoms with Crippen molar-refractivity contribution < 1.29 is 8.42 Å². The van der Waals surface area contributed by atoms with Crippen LogP contribution in [0, 0.1) is 6.92 Å². The third kappa shape index (κ3) is 8.50. The molecular weight excluding hydrogens is 342 g/mol. The van der Waals surface area contributed by atoms with Gasteiger partial charge in [-0.15, -0.1) is 11.6 Å². The maximum atomic E-state index is 12.4. The van der Waals surface area contributed by atoms with Crippen LogP contribution >= 0.6 is 11.6 Å². The molecule has 3 nitrogen and oxygen atoms in total. The van der Waals surface area contributed by atoms with Crippen molar-refractivity contribution in [1.29, 1.82) is 0 Å². The minimum Gasteiger partial charge on any atom is -0.207 e. The third-order valence-electron chi connectivity index (χ3n) is 4.25. The average molecular weight is 374 g/mol. The third-order valence-corrected chi connectivity index (χ3v) is 6.15. The zero-order valence-corrected chi connectivity index (χ0v) is 16.6. The molecule has 0 amide bonds. The number of hydrogen-bond donors (Lipinski definition) is 1. The lowest BCUT2D eigenvalue weighted by Crippen LogP contribution is -2.36. The van der Waals surface area contributed by atoms with Crippen molar-refractivity contribution in [2.45, 2.75) is 82.6 Å². The van der Waals surface area contributed by atoms with E-state index in [4.69, 9.17) is 11.6 Å². The number of aryl methyl sites for hydroxylation is 1. The van der Waals surface area contributed by atoms with E-state index >= 15 is 0 Å². The quantitative estimate of drug-likeness (QED) is 0.371. The second-order valence-electron chi connectivity index (χ2n) is 6.55. The molecule has 24 heavy (non-hydrogen) atoms. The molecule has 1 aromatic carbocycles. The van der Waals surface area contributed by atoms with Gasteiger partial charge in [0.1, 0.15) is 0 Å². The summed E-state index contributed by atoms with van der Waals surface area (Å²) in [5.41, 5.74) is 1.04. The number of hydrogen-bond acceptors (Lipinski definition) is 2. The highest BCUT2D eigenvalue weighted by molar-refractivity contribution is 7.89. The van der Waals surface area contributed by atoms with E-state index in [0.717, 1.165) is 24.8 Å². The number of unbranched alkanes of at least 4 members (excludes halogenated alkanes) is 7. The Hall–Kier alpha value is -0.580. The van der Waals surface area contributed by atoms with E-state index < -0.39 is 10.0 Å². The number of sulfonamides is 1. The summed E-state index contributed by atoms with van der Waals surface area (Å²) >= 11 is 5.96. The highest BCUT2D eigenvalue weighted by Gasteiger charge is 2.19. The van der Waals surface area contributed by atoms with Gasteiger partial charge in [0.25, 0.3) is 0 Å². The first-order chi connectivity index (χ1) is 11.5. The fourth-order valence-electron chi connectivity index (χ4n) is 2.70. The molecule has 1 N–H and O–H groups in total. The van der Waals surface area contributed by atoms with Gasteiger partial charge in [-0.05, 0) is 25.5 Å². The van der Waals surface area contributed by atoms with Crippen LogP contribution < -0.4 is 4.72 Å². The Kier molecular flexibility index (Phi) is 10.6. The van der Waals surface area contributed by atoms with Crippen LogP contribution in [0.4, 0.5) is 0 Å². The molecule has 5 heteroatoms. The van der Waals surface area contributed by atoms with E-state index in [1.54, 1.807) is 12.1 Å². The summed E-state index contributed by atoms with van der Waals surface area (Å²) in [7, 11) is -3.48. The summed E-state index contributed by atoms with van der Waals surface area (Å²) in [6.07, 6.45) is 10.7. The van der Waals surface area contributed by atoms with Crippen LogP contribution in [0.1, 0.15) is 70.3 Å². The standard InChI is InChI=1S/C19H32ClNO2S/c1-3-4-5-6-7-8-9-10-11-18(16-20)21-24(22,23)19-14-12-17(2)13-15-19/h12-15,18,21H,3-11,16H2,1-2H3/t18-/m0/s1. The molecule has 0 fully saturated rings. The zero-order valence-electron chi connectivity index (χ0n) is 15.1. The molecule has 0 unspecified atom stereocenters. The maximum absolute atomic E-state index is 12.4. The SMILES string of the molecule is CCCCCCCCCC[C@@H](CCl)NS(=O)(=O)c1ccc(C)cc1. The summed E-state index contributed by atoms with van der Waals surface area (Å²) in [5.74, 6) is 0.307. The molecule has 1 rings (SSSR count). The van der Waals surface area contributed by atoms with Crippen molar-refractivity contribution in [1.82, 2.24) is 4.72 Å². The number of benzene rings is 1. The minimum atomic E-state index is -3.48. The summed E-state index contributed by atoms with van der Waals surface area (Å²) < 4.78 is 27.5. The molecule has 0 heterocycles. The van der Waals surface area contributed by atoms with Gasteiger partial charge in [0.05, 0.1) is 4.90 Å². The summed E-state index contributed by atoms with van der Waals surface area (Å²) in [4.78, 5) is 0.305. The van der Waals surface area contributed by atoms with Crippen molar-refractivity contribution >= 4 is 21.6 Å². The van der Waals surface area contributed by atoms with Gasteiger partial charge in [-0.3, -0.25) is 0 Å². The van der Waals surface area contributed by atoms with Crippen molar-refractivity contribution in [3.63, 3.8) is 0 Å². The first-order valence-corrected chi connectivity index (χ1v) is 11.2. The molecule has 0 bridgehead atoms. The molecular formula is C19H32ClNO2S. The number of nitrogens with one attached hydrogen (secondary N) is 1. The first kappa shape index (κ1) is 21.5. The van der Waals surface area contributed by atoms with Crippen LogP contribution in [0.25, 0.3) is 0 Å². The lowest BCUT2D eigenvalue weighted by Gasteiger charge is -2.16. The smallest absolute Gasteiger partial charge is 0.207 e. The molecule has 0 radical (unpaired) electrons. The van der Waals surface area contributed by atoms with Gasteiger partial charge in [-0.1, -0.05) is 76.0 Å². The van der Waals surface area contributed by atoms with Crippen LogP contribution in [0.5, 0.6) is 0 Å². The average Bonchev–Trinajstić information content (AvgIpc) is 2.56. The molecule has 0 aliphatic carbocycles. The molecule has 1 aromatic rings. The topological polar surface area (TPSA) is 46.2 Å². The van der Waals surface area contributed by atoms with Gasteiger partial charge >= 0.3 is 0 Å². The predicted molar refractivity (Wildman–Crippen MR) is 103 cm³/mol.